The van der Waals surface area contributed by atoms with Crippen LogP contribution in [0.15, 0.2) is 30.3 Å². The monoisotopic (exact) mass is 289 g/mol. The second kappa shape index (κ2) is 5.39. The van der Waals surface area contributed by atoms with Crippen LogP contribution < -0.4 is 5.32 Å². The number of carboxylic acids is 1. The van der Waals surface area contributed by atoms with Crippen LogP contribution in [0.2, 0.25) is 0 Å². The van der Waals surface area contributed by atoms with E-state index < -0.39 is 17.6 Å². The summed E-state index contributed by atoms with van der Waals surface area (Å²) in [5.41, 5.74) is -0.237. The van der Waals surface area contributed by atoms with Gasteiger partial charge in [-0.2, -0.15) is 0 Å². The Morgan fingerprint density at radius 1 is 1.29 bits per heavy atom. The van der Waals surface area contributed by atoms with Crippen LogP contribution in [0.25, 0.3) is 0 Å². The third kappa shape index (κ3) is 2.48. The number of nitrogens with one attached hydrogen (secondary N) is 1. The van der Waals surface area contributed by atoms with Gasteiger partial charge in [-0.05, 0) is 36.7 Å². The standard InChI is InChI=1S/C16H19NO4/c18-14(19)16(9-12-7-4-8-13(12)16)17-15(20)21-10-11-5-2-1-3-6-11/h1-3,5-6,12-13H,4,7-10H2,(H,17,20)(H,18,19). The smallest absolute Gasteiger partial charge is 0.408 e. The van der Waals surface area contributed by atoms with E-state index in [0.29, 0.717) is 12.3 Å². The summed E-state index contributed by atoms with van der Waals surface area (Å²) < 4.78 is 5.14. The third-order valence-electron chi connectivity index (χ3n) is 4.80. The number of amides is 1. The SMILES string of the molecule is O=C(NC1(C(=O)O)CC2CCCC21)OCc1ccccc1. The van der Waals surface area contributed by atoms with E-state index in [9.17, 15) is 14.7 Å². The molecular formula is C16H19NO4. The summed E-state index contributed by atoms with van der Waals surface area (Å²) in [5.74, 6) is -0.447. The minimum absolute atomic E-state index is 0.0549. The number of fused-ring (bicyclic) bond motifs is 1. The van der Waals surface area contributed by atoms with Gasteiger partial charge in [0.05, 0.1) is 0 Å². The van der Waals surface area contributed by atoms with E-state index in [2.05, 4.69) is 5.32 Å². The number of carbonyl (C=O) groups is 2. The highest BCUT2D eigenvalue weighted by Gasteiger charge is 2.61. The minimum Gasteiger partial charge on any atom is -0.479 e. The highest BCUT2D eigenvalue weighted by Crippen LogP contribution is 2.53. The van der Waals surface area contributed by atoms with Crippen molar-refractivity contribution in [2.45, 2.75) is 37.8 Å². The molecule has 1 aromatic rings. The van der Waals surface area contributed by atoms with Crippen molar-refractivity contribution in [3.63, 3.8) is 0 Å². The predicted octanol–water partition coefficient (Wildman–Crippen LogP) is 2.56. The van der Waals surface area contributed by atoms with Gasteiger partial charge in [0.25, 0.3) is 0 Å². The average molecular weight is 289 g/mol. The van der Waals surface area contributed by atoms with E-state index in [1.54, 1.807) is 0 Å². The van der Waals surface area contributed by atoms with Gasteiger partial charge in [-0.15, -0.1) is 0 Å². The first-order valence-electron chi connectivity index (χ1n) is 7.34. The van der Waals surface area contributed by atoms with E-state index >= 15 is 0 Å². The molecule has 0 heterocycles. The molecule has 1 aromatic carbocycles. The molecule has 2 aliphatic rings. The molecule has 0 saturated heterocycles. The zero-order valence-corrected chi connectivity index (χ0v) is 11.7. The summed E-state index contributed by atoms with van der Waals surface area (Å²) in [6, 6.07) is 9.33. The quantitative estimate of drug-likeness (QED) is 0.893. The number of aliphatic carboxylic acids is 1. The zero-order valence-electron chi connectivity index (χ0n) is 11.7. The number of ether oxygens (including phenoxy) is 1. The lowest BCUT2D eigenvalue weighted by molar-refractivity contribution is -0.156. The molecule has 3 atom stereocenters. The number of carbonyl (C=O) groups excluding carboxylic acids is 1. The lowest BCUT2D eigenvalue weighted by Gasteiger charge is -2.49. The van der Waals surface area contributed by atoms with Crippen LogP contribution in [0.1, 0.15) is 31.2 Å². The maximum Gasteiger partial charge on any atom is 0.408 e. The van der Waals surface area contributed by atoms with Gasteiger partial charge in [-0.3, -0.25) is 0 Å². The molecule has 21 heavy (non-hydrogen) atoms. The van der Waals surface area contributed by atoms with Crippen LogP contribution >= 0.6 is 0 Å². The molecular weight excluding hydrogens is 270 g/mol. The molecule has 0 radical (unpaired) electrons. The van der Waals surface area contributed by atoms with E-state index in [1.807, 2.05) is 30.3 Å². The van der Waals surface area contributed by atoms with Crippen molar-refractivity contribution in [2.24, 2.45) is 11.8 Å². The molecule has 5 heteroatoms. The van der Waals surface area contributed by atoms with Gasteiger partial charge in [-0.1, -0.05) is 36.8 Å². The van der Waals surface area contributed by atoms with Crippen LogP contribution in [0.5, 0.6) is 0 Å². The summed E-state index contributed by atoms with van der Waals surface area (Å²) in [6.45, 7) is 0.149. The summed E-state index contributed by atoms with van der Waals surface area (Å²) in [7, 11) is 0. The zero-order chi connectivity index (χ0) is 14.9. The first-order valence-corrected chi connectivity index (χ1v) is 7.34. The molecule has 0 spiro atoms. The van der Waals surface area contributed by atoms with Crippen molar-refractivity contribution in [1.82, 2.24) is 5.32 Å². The van der Waals surface area contributed by atoms with Gasteiger partial charge in [0.1, 0.15) is 12.1 Å². The Hall–Kier alpha value is -2.04. The predicted molar refractivity (Wildman–Crippen MR) is 75.6 cm³/mol. The first kappa shape index (κ1) is 13.9. The number of rotatable bonds is 4. The Kier molecular flexibility index (Phi) is 3.57. The molecule has 0 bridgehead atoms. The number of hydrogen-bond acceptors (Lipinski definition) is 3. The summed E-state index contributed by atoms with van der Waals surface area (Å²) in [5, 5.41) is 12.1. The summed E-state index contributed by atoms with van der Waals surface area (Å²) in [4.78, 5) is 23.5. The molecule has 0 aliphatic heterocycles. The number of carboxylic acid groups (broad SMARTS) is 1. The third-order valence-corrected chi connectivity index (χ3v) is 4.80. The Morgan fingerprint density at radius 2 is 2.05 bits per heavy atom. The normalized spacial score (nSPS) is 30.1. The second-order valence-electron chi connectivity index (χ2n) is 5.96. The van der Waals surface area contributed by atoms with E-state index in [1.165, 1.54) is 0 Å². The maximum atomic E-state index is 11.9. The van der Waals surface area contributed by atoms with Crippen molar-refractivity contribution in [2.75, 3.05) is 0 Å². The number of hydrogen-bond donors (Lipinski definition) is 2. The van der Waals surface area contributed by atoms with E-state index in [4.69, 9.17) is 4.74 Å². The van der Waals surface area contributed by atoms with Gasteiger partial charge in [0.15, 0.2) is 0 Å². The maximum absolute atomic E-state index is 11.9. The highest BCUT2D eigenvalue weighted by atomic mass is 16.5. The lowest BCUT2D eigenvalue weighted by atomic mass is 9.60. The van der Waals surface area contributed by atoms with Gasteiger partial charge in [-0.25, -0.2) is 9.59 Å². The fourth-order valence-electron chi connectivity index (χ4n) is 3.72. The molecule has 5 nitrogen and oxygen atoms in total. The van der Waals surface area contributed by atoms with E-state index in [0.717, 1.165) is 24.8 Å². The van der Waals surface area contributed by atoms with Gasteiger partial charge >= 0.3 is 12.1 Å². The Labute approximate surface area is 123 Å². The van der Waals surface area contributed by atoms with Crippen molar-refractivity contribution in [3.8, 4) is 0 Å². The molecule has 2 N–H and O–H groups in total. The molecule has 3 unspecified atom stereocenters. The Bertz CT molecular complexity index is 544. The highest BCUT2D eigenvalue weighted by molar-refractivity contribution is 5.86. The van der Waals surface area contributed by atoms with Gasteiger partial charge < -0.3 is 15.2 Å². The first-order chi connectivity index (χ1) is 10.1. The second-order valence-corrected chi connectivity index (χ2v) is 5.96. The molecule has 112 valence electrons. The Balaban J connectivity index is 1.59. The molecule has 2 aliphatic carbocycles. The molecule has 3 rings (SSSR count). The topological polar surface area (TPSA) is 75.6 Å². The number of alkyl carbamates (subject to hydrolysis) is 1. The lowest BCUT2D eigenvalue weighted by Crippen LogP contribution is -2.67. The Morgan fingerprint density at radius 3 is 2.71 bits per heavy atom. The minimum atomic E-state index is -1.12. The summed E-state index contributed by atoms with van der Waals surface area (Å²) in [6.07, 6.45) is 2.86. The van der Waals surface area contributed by atoms with Crippen LogP contribution in [0.4, 0.5) is 4.79 Å². The fourth-order valence-corrected chi connectivity index (χ4v) is 3.72. The van der Waals surface area contributed by atoms with Crippen LogP contribution in [-0.2, 0) is 16.1 Å². The van der Waals surface area contributed by atoms with Crippen molar-refractivity contribution < 1.29 is 19.4 Å². The van der Waals surface area contributed by atoms with Crippen LogP contribution in [0, 0.1) is 11.8 Å². The van der Waals surface area contributed by atoms with Crippen molar-refractivity contribution >= 4 is 12.1 Å². The fraction of sp³-hybridized carbons (Fsp3) is 0.500. The summed E-state index contributed by atoms with van der Waals surface area (Å²) >= 11 is 0. The molecule has 2 fully saturated rings. The van der Waals surface area contributed by atoms with Crippen molar-refractivity contribution in [3.05, 3.63) is 35.9 Å². The van der Waals surface area contributed by atoms with Crippen molar-refractivity contribution in [1.29, 1.82) is 0 Å². The molecule has 2 saturated carbocycles. The number of benzene rings is 1. The van der Waals surface area contributed by atoms with E-state index in [-0.39, 0.29) is 12.5 Å². The van der Waals surface area contributed by atoms with Gasteiger partial charge in [0, 0.05) is 0 Å². The molecule has 1 amide bonds. The van der Waals surface area contributed by atoms with Crippen LogP contribution in [-0.4, -0.2) is 22.7 Å². The largest absolute Gasteiger partial charge is 0.479 e. The van der Waals surface area contributed by atoms with Crippen LogP contribution in [0.3, 0.4) is 0 Å². The molecule has 0 aromatic heterocycles. The average Bonchev–Trinajstić information content (AvgIpc) is 2.85. The van der Waals surface area contributed by atoms with Gasteiger partial charge in [0.2, 0.25) is 0 Å².